The topological polar surface area (TPSA) is 66.5 Å². The molecule has 0 bridgehead atoms. The second kappa shape index (κ2) is 10.6. The van der Waals surface area contributed by atoms with E-state index in [0.717, 1.165) is 37.5 Å². The molecule has 3 aromatic carbocycles. The van der Waals surface area contributed by atoms with Crippen LogP contribution in [0.2, 0.25) is 0 Å². The van der Waals surface area contributed by atoms with Crippen molar-refractivity contribution >= 4 is 55.0 Å². The lowest BCUT2D eigenvalue weighted by atomic mass is 10.1. The van der Waals surface area contributed by atoms with Gasteiger partial charge < -0.3 is 5.32 Å². The molecule has 3 rings (SSSR count). The predicted octanol–water partition coefficient (Wildman–Crippen LogP) is 5.76. The number of benzene rings is 3. The third kappa shape index (κ3) is 6.60. The van der Waals surface area contributed by atoms with Crippen molar-refractivity contribution < 1.29 is 13.2 Å². The molecule has 0 aliphatic heterocycles. The number of hydrogen-bond acceptors (Lipinski definition) is 4. The summed E-state index contributed by atoms with van der Waals surface area (Å²) < 4.78 is 26.7. The minimum atomic E-state index is -3.63. The van der Waals surface area contributed by atoms with E-state index in [2.05, 4.69) is 33.4 Å². The Balaban J connectivity index is 1.69. The summed E-state index contributed by atoms with van der Waals surface area (Å²) in [6, 6.07) is 21.2. The van der Waals surface area contributed by atoms with Crippen molar-refractivity contribution in [3.63, 3.8) is 0 Å². The average Bonchev–Trinajstić information content (AvgIpc) is 2.74. The highest BCUT2D eigenvalue weighted by atomic mass is 79.9. The van der Waals surface area contributed by atoms with E-state index in [1.807, 2.05) is 50.2 Å². The zero-order valence-electron chi connectivity index (χ0n) is 18.1. The molecule has 0 heterocycles. The minimum Gasteiger partial charge on any atom is -0.324 e. The number of carbonyl (C=O) groups is 1. The van der Waals surface area contributed by atoms with Crippen LogP contribution in [-0.2, 0) is 20.6 Å². The quantitative estimate of drug-likeness (QED) is 0.374. The fraction of sp³-hybridized carbons (Fsp3) is 0.208. The molecule has 8 heteroatoms. The third-order valence-electron chi connectivity index (χ3n) is 4.83. The number of nitrogens with one attached hydrogen (secondary N) is 1. The van der Waals surface area contributed by atoms with Gasteiger partial charge in [0.15, 0.2) is 0 Å². The van der Waals surface area contributed by atoms with Gasteiger partial charge in [0.2, 0.25) is 15.9 Å². The SMILES string of the molecule is Cc1cc(N(CC(=O)Nc2ccc(CSc3ccccc3)cc2C)S(C)(=O)=O)ccc1Br. The van der Waals surface area contributed by atoms with Crippen molar-refractivity contribution in [1.82, 2.24) is 0 Å². The van der Waals surface area contributed by atoms with Gasteiger partial charge in [-0.15, -0.1) is 11.8 Å². The van der Waals surface area contributed by atoms with Crippen LogP contribution in [0.4, 0.5) is 11.4 Å². The Bertz CT molecular complexity index is 1220. The Hall–Kier alpha value is -2.29. The summed E-state index contributed by atoms with van der Waals surface area (Å²) in [4.78, 5) is 13.9. The number of anilines is 2. The maximum atomic E-state index is 12.7. The maximum absolute atomic E-state index is 12.7. The number of carbonyl (C=O) groups excluding carboxylic acids is 1. The molecule has 32 heavy (non-hydrogen) atoms. The van der Waals surface area contributed by atoms with Gasteiger partial charge in [0.1, 0.15) is 6.54 Å². The third-order valence-corrected chi connectivity index (χ3v) is 7.94. The summed E-state index contributed by atoms with van der Waals surface area (Å²) in [5.74, 6) is 0.426. The van der Waals surface area contributed by atoms with Crippen molar-refractivity contribution in [3.05, 3.63) is 87.9 Å². The second-order valence-electron chi connectivity index (χ2n) is 7.50. The van der Waals surface area contributed by atoms with Crippen LogP contribution in [0, 0.1) is 13.8 Å². The summed E-state index contributed by atoms with van der Waals surface area (Å²) in [5, 5.41) is 2.85. The summed E-state index contributed by atoms with van der Waals surface area (Å²) in [7, 11) is -3.63. The van der Waals surface area contributed by atoms with E-state index in [1.165, 1.54) is 4.90 Å². The molecule has 5 nitrogen and oxygen atoms in total. The van der Waals surface area contributed by atoms with Crippen LogP contribution < -0.4 is 9.62 Å². The molecule has 0 atom stereocenters. The number of rotatable bonds is 8. The first kappa shape index (κ1) is 24.4. The molecule has 3 aromatic rings. The van der Waals surface area contributed by atoms with Gasteiger partial charge in [0.25, 0.3) is 0 Å². The van der Waals surface area contributed by atoms with Crippen LogP contribution in [-0.4, -0.2) is 27.1 Å². The van der Waals surface area contributed by atoms with Crippen LogP contribution in [0.15, 0.2) is 76.1 Å². The molecule has 0 saturated carbocycles. The molecule has 0 fully saturated rings. The molecule has 0 spiro atoms. The summed E-state index contributed by atoms with van der Waals surface area (Å²) in [5.41, 5.74) is 4.08. The van der Waals surface area contributed by atoms with E-state index in [1.54, 1.807) is 30.0 Å². The number of hydrogen-bond donors (Lipinski definition) is 1. The van der Waals surface area contributed by atoms with Crippen molar-refractivity contribution in [3.8, 4) is 0 Å². The van der Waals surface area contributed by atoms with Crippen molar-refractivity contribution in [1.29, 1.82) is 0 Å². The lowest BCUT2D eigenvalue weighted by molar-refractivity contribution is -0.114. The van der Waals surface area contributed by atoms with Crippen molar-refractivity contribution in [2.75, 3.05) is 22.4 Å². The zero-order valence-corrected chi connectivity index (χ0v) is 21.4. The molecule has 1 N–H and O–H groups in total. The fourth-order valence-corrected chi connectivity index (χ4v) is 5.10. The smallest absolute Gasteiger partial charge is 0.245 e. The van der Waals surface area contributed by atoms with Gasteiger partial charge in [0.05, 0.1) is 11.9 Å². The lowest BCUT2D eigenvalue weighted by Crippen LogP contribution is -2.37. The van der Waals surface area contributed by atoms with E-state index < -0.39 is 15.9 Å². The normalized spacial score (nSPS) is 11.2. The number of halogens is 1. The molecule has 0 saturated heterocycles. The van der Waals surface area contributed by atoms with Crippen LogP contribution in [0.25, 0.3) is 0 Å². The van der Waals surface area contributed by atoms with Crippen LogP contribution in [0.3, 0.4) is 0 Å². The first-order valence-corrected chi connectivity index (χ1v) is 13.6. The Morgan fingerprint density at radius 3 is 2.34 bits per heavy atom. The highest BCUT2D eigenvalue weighted by Gasteiger charge is 2.21. The summed E-state index contributed by atoms with van der Waals surface area (Å²) in [6.07, 6.45) is 1.10. The Morgan fingerprint density at radius 1 is 1.00 bits per heavy atom. The number of thioether (sulfide) groups is 1. The zero-order chi connectivity index (χ0) is 23.3. The minimum absolute atomic E-state index is 0.301. The van der Waals surface area contributed by atoms with E-state index >= 15 is 0 Å². The molecular weight excluding hydrogens is 508 g/mol. The molecule has 1 amide bonds. The molecule has 168 valence electrons. The van der Waals surface area contributed by atoms with Gasteiger partial charge in [-0.05, 0) is 66.9 Å². The second-order valence-corrected chi connectivity index (χ2v) is 11.3. The molecule has 0 aliphatic carbocycles. The Labute approximate surface area is 202 Å². The molecule has 0 aliphatic rings. The van der Waals surface area contributed by atoms with Crippen LogP contribution in [0.1, 0.15) is 16.7 Å². The van der Waals surface area contributed by atoms with E-state index in [-0.39, 0.29) is 6.54 Å². The van der Waals surface area contributed by atoms with Gasteiger partial charge in [0, 0.05) is 20.8 Å². The maximum Gasteiger partial charge on any atom is 0.245 e. The molecule has 0 aromatic heterocycles. The number of amides is 1. The van der Waals surface area contributed by atoms with Gasteiger partial charge in [-0.2, -0.15) is 0 Å². The van der Waals surface area contributed by atoms with E-state index in [0.29, 0.717) is 11.4 Å². The Morgan fingerprint density at radius 2 is 1.72 bits per heavy atom. The highest BCUT2D eigenvalue weighted by molar-refractivity contribution is 9.10. The van der Waals surface area contributed by atoms with Crippen molar-refractivity contribution in [2.45, 2.75) is 24.5 Å². The van der Waals surface area contributed by atoms with Crippen LogP contribution in [0.5, 0.6) is 0 Å². The number of sulfonamides is 1. The summed E-state index contributed by atoms with van der Waals surface area (Å²) >= 11 is 5.16. The van der Waals surface area contributed by atoms with E-state index in [4.69, 9.17) is 0 Å². The van der Waals surface area contributed by atoms with E-state index in [9.17, 15) is 13.2 Å². The monoisotopic (exact) mass is 532 g/mol. The standard InChI is InChI=1S/C24H25BrN2O3S2/c1-17-14-20(10-11-22(17)25)27(32(3,29)30)15-24(28)26-23-12-9-19(13-18(23)2)16-31-21-7-5-4-6-8-21/h4-14H,15-16H2,1-3H3,(H,26,28). The van der Waals surface area contributed by atoms with Gasteiger partial charge in [-0.3, -0.25) is 9.10 Å². The first-order valence-electron chi connectivity index (χ1n) is 9.94. The highest BCUT2D eigenvalue weighted by Crippen LogP contribution is 2.26. The molecule has 0 radical (unpaired) electrons. The van der Waals surface area contributed by atoms with Gasteiger partial charge >= 0.3 is 0 Å². The number of aryl methyl sites for hydroxylation is 2. The van der Waals surface area contributed by atoms with Crippen LogP contribution >= 0.6 is 27.7 Å². The number of nitrogens with zero attached hydrogens (tertiary/aromatic N) is 1. The Kier molecular flexibility index (Phi) is 8.03. The molecular formula is C24H25BrN2O3S2. The predicted molar refractivity (Wildman–Crippen MR) is 137 cm³/mol. The lowest BCUT2D eigenvalue weighted by Gasteiger charge is -2.23. The first-order chi connectivity index (χ1) is 15.1. The average molecular weight is 534 g/mol. The summed E-state index contributed by atoms with van der Waals surface area (Å²) in [6.45, 7) is 3.50. The molecule has 0 unspecified atom stereocenters. The van der Waals surface area contributed by atoms with Gasteiger partial charge in [-0.1, -0.05) is 46.3 Å². The fourth-order valence-electron chi connectivity index (χ4n) is 3.14. The largest absolute Gasteiger partial charge is 0.324 e. The van der Waals surface area contributed by atoms with Crippen molar-refractivity contribution in [2.24, 2.45) is 0 Å². The van der Waals surface area contributed by atoms with Gasteiger partial charge in [-0.25, -0.2) is 8.42 Å².